The number of benzene rings is 2. The molecule has 1 heterocycles. The Morgan fingerprint density at radius 3 is 2.38 bits per heavy atom. The third-order valence-electron chi connectivity index (χ3n) is 5.44. The zero-order valence-corrected chi connectivity index (χ0v) is 15.5. The van der Waals surface area contributed by atoms with Crippen LogP contribution >= 0.6 is 0 Å². The van der Waals surface area contributed by atoms with E-state index in [1.807, 2.05) is 19.9 Å². The monoisotopic (exact) mass is 352 g/mol. The molecule has 0 saturated heterocycles. The van der Waals surface area contributed by atoms with E-state index >= 15 is 0 Å². The van der Waals surface area contributed by atoms with Crippen molar-refractivity contribution in [1.82, 2.24) is 0 Å². The number of ether oxygens (including phenoxy) is 1. The molecule has 1 aliphatic heterocycles. The van der Waals surface area contributed by atoms with Crippen molar-refractivity contribution >= 4 is 5.78 Å². The number of hydrogen-bond acceptors (Lipinski definition) is 4. The van der Waals surface area contributed by atoms with Crippen LogP contribution in [0.2, 0.25) is 0 Å². The lowest BCUT2D eigenvalue weighted by Crippen LogP contribution is -2.48. The van der Waals surface area contributed by atoms with Gasteiger partial charge in [-0.25, -0.2) is 0 Å². The van der Waals surface area contributed by atoms with E-state index in [0.29, 0.717) is 28.4 Å². The largest absolute Gasteiger partial charge is 0.453 e. The van der Waals surface area contributed by atoms with E-state index < -0.39 is 17.2 Å². The summed E-state index contributed by atoms with van der Waals surface area (Å²) in [5.74, 6) is -1.60. The van der Waals surface area contributed by atoms with Gasteiger partial charge in [0.2, 0.25) is 11.4 Å². The summed E-state index contributed by atoms with van der Waals surface area (Å²) in [5, 5.41) is 22.8. The molecule has 0 radical (unpaired) electrons. The van der Waals surface area contributed by atoms with Gasteiger partial charge in [0.05, 0.1) is 0 Å². The van der Waals surface area contributed by atoms with Crippen LogP contribution in [0.3, 0.4) is 0 Å². The Bertz CT molecular complexity index is 914. The lowest BCUT2D eigenvalue weighted by atomic mass is 9.83. The van der Waals surface area contributed by atoms with E-state index in [9.17, 15) is 15.0 Å². The molecule has 2 aromatic rings. The standard InChI is InChI=1S/C22H24O4/c1-12(2)9-14-10-16(13(3)4)19-18(11-14)21(24)20(23)15-7-5-6-8-17(15)22(21,25)26-19/h5-8,10-13,24-25H,9H2,1-4H3. The van der Waals surface area contributed by atoms with Crippen molar-refractivity contribution in [2.75, 3.05) is 0 Å². The molecule has 0 bridgehead atoms. The first-order valence-electron chi connectivity index (χ1n) is 9.15. The van der Waals surface area contributed by atoms with E-state index in [2.05, 4.69) is 19.9 Å². The van der Waals surface area contributed by atoms with Crippen LogP contribution in [0.15, 0.2) is 36.4 Å². The summed E-state index contributed by atoms with van der Waals surface area (Å²) in [6.45, 7) is 8.33. The minimum Gasteiger partial charge on any atom is -0.453 e. The number of carbonyl (C=O) groups is 1. The van der Waals surface area contributed by atoms with Crippen LogP contribution in [0.25, 0.3) is 0 Å². The summed E-state index contributed by atoms with van der Waals surface area (Å²) in [7, 11) is 0. The van der Waals surface area contributed by atoms with Gasteiger partial charge in [-0.15, -0.1) is 0 Å². The van der Waals surface area contributed by atoms with Crippen LogP contribution in [0.1, 0.15) is 66.2 Å². The highest BCUT2D eigenvalue weighted by molar-refractivity contribution is 6.09. The van der Waals surface area contributed by atoms with Gasteiger partial charge in [-0.05, 0) is 35.4 Å². The van der Waals surface area contributed by atoms with Gasteiger partial charge in [-0.2, -0.15) is 0 Å². The Balaban J connectivity index is 1.98. The summed E-state index contributed by atoms with van der Waals surface area (Å²) in [6, 6.07) is 10.6. The molecule has 26 heavy (non-hydrogen) atoms. The number of carbonyl (C=O) groups excluding carboxylic acids is 1. The van der Waals surface area contributed by atoms with Gasteiger partial charge >= 0.3 is 0 Å². The Hall–Kier alpha value is -2.17. The van der Waals surface area contributed by atoms with Crippen molar-refractivity contribution in [3.8, 4) is 5.75 Å². The molecule has 2 atom stereocenters. The molecule has 4 rings (SSSR count). The number of Topliss-reactive ketones (excluding diaryl/α,β-unsaturated/α-hetero) is 1. The van der Waals surface area contributed by atoms with Crippen LogP contribution in [-0.2, 0) is 17.8 Å². The molecular weight excluding hydrogens is 328 g/mol. The van der Waals surface area contributed by atoms with Gasteiger partial charge in [0, 0.05) is 16.7 Å². The Morgan fingerprint density at radius 1 is 1.04 bits per heavy atom. The van der Waals surface area contributed by atoms with Gasteiger partial charge in [-0.3, -0.25) is 4.79 Å². The first-order valence-corrected chi connectivity index (χ1v) is 9.15. The molecule has 0 fully saturated rings. The maximum absolute atomic E-state index is 13.1. The number of hydrogen-bond donors (Lipinski definition) is 2. The predicted molar refractivity (Wildman–Crippen MR) is 98.3 cm³/mol. The molecule has 0 spiro atoms. The van der Waals surface area contributed by atoms with Gasteiger partial charge in [0.25, 0.3) is 5.79 Å². The van der Waals surface area contributed by atoms with E-state index in [0.717, 1.165) is 17.5 Å². The number of rotatable bonds is 3. The number of ketones is 1. The maximum atomic E-state index is 13.1. The van der Waals surface area contributed by atoms with Crippen LogP contribution < -0.4 is 4.74 Å². The molecular formula is C22H24O4. The first kappa shape index (κ1) is 17.3. The summed E-state index contributed by atoms with van der Waals surface area (Å²) in [4.78, 5) is 13.1. The molecule has 4 nitrogen and oxygen atoms in total. The quantitative estimate of drug-likeness (QED) is 0.885. The van der Waals surface area contributed by atoms with Crippen molar-refractivity contribution in [3.05, 3.63) is 64.2 Å². The average molecular weight is 352 g/mol. The van der Waals surface area contributed by atoms with Gasteiger partial charge < -0.3 is 14.9 Å². The van der Waals surface area contributed by atoms with Gasteiger partial charge in [0.15, 0.2) is 0 Å². The molecule has 2 aliphatic rings. The van der Waals surface area contributed by atoms with Gasteiger partial charge in [-0.1, -0.05) is 58.0 Å². The second-order valence-corrected chi connectivity index (χ2v) is 8.15. The van der Waals surface area contributed by atoms with Crippen LogP contribution in [0.5, 0.6) is 5.75 Å². The summed E-state index contributed by atoms with van der Waals surface area (Å²) >= 11 is 0. The van der Waals surface area contributed by atoms with Crippen molar-refractivity contribution in [1.29, 1.82) is 0 Å². The van der Waals surface area contributed by atoms with Crippen LogP contribution in [0.4, 0.5) is 0 Å². The highest BCUT2D eigenvalue weighted by Gasteiger charge is 2.70. The highest BCUT2D eigenvalue weighted by atomic mass is 16.7. The fraction of sp³-hybridized carbons (Fsp3) is 0.409. The molecule has 136 valence electrons. The fourth-order valence-electron chi connectivity index (χ4n) is 4.22. The fourth-order valence-corrected chi connectivity index (χ4v) is 4.22. The zero-order valence-electron chi connectivity index (χ0n) is 15.5. The number of fused-ring (bicyclic) bond motifs is 5. The normalized spacial score (nSPS) is 26.1. The molecule has 0 saturated carbocycles. The van der Waals surface area contributed by atoms with E-state index in [1.54, 1.807) is 24.3 Å². The lowest BCUT2D eigenvalue weighted by molar-refractivity contribution is -0.224. The summed E-state index contributed by atoms with van der Waals surface area (Å²) in [6.07, 6.45) is 0.822. The minimum atomic E-state index is -2.11. The Morgan fingerprint density at radius 2 is 1.73 bits per heavy atom. The Labute approximate surface area is 153 Å². The summed E-state index contributed by atoms with van der Waals surface area (Å²) in [5.41, 5.74) is 0.838. The molecule has 2 aromatic carbocycles. The second-order valence-electron chi connectivity index (χ2n) is 8.15. The maximum Gasteiger partial charge on any atom is 0.276 e. The van der Waals surface area contributed by atoms with E-state index in [1.165, 1.54) is 0 Å². The second kappa shape index (κ2) is 5.41. The zero-order chi connectivity index (χ0) is 18.9. The lowest BCUT2D eigenvalue weighted by Gasteiger charge is -2.28. The van der Waals surface area contributed by atoms with Crippen molar-refractivity contribution < 1.29 is 19.7 Å². The molecule has 2 unspecified atom stereocenters. The SMILES string of the molecule is CC(C)Cc1cc(C(C)C)c2c(c1)C1(O)C(=O)c3ccccc3C1(O)O2. The van der Waals surface area contributed by atoms with Crippen molar-refractivity contribution in [2.45, 2.75) is 51.4 Å². The molecule has 2 N–H and O–H groups in total. The highest BCUT2D eigenvalue weighted by Crippen LogP contribution is 2.59. The third-order valence-corrected chi connectivity index (χ3v) is 5.44. The summed E-state index contributed by atoms with van der Waals surface area (Å²) < 4.78 is 5.96. The predicted octanol–water partition coefficient (Wildman–Crippen LogP) is 3.63. The van der Waals surface area contributed by atoms with E-state index in [4.69, 9.17) is 4.74 Å². The average Bonchev–Trinajstić information content (AvgIpc) is 2.91. The Kier molecular flexibility index (Phi) is 3.59. The minimum absolute atomic E-state index is 0.132. The molecule has 0 aromatic heterocycles. The van der Waals surface area contributed by atoms with Crippen LogP contribution in [-0.4, -0.2) is 16.0 Å². The smallest absolute Gasteiger partial charge is 0.276 e. The van der Waals surface area contributed by atoms with E-state index in [-0.39, 0.29) is 5.92 Å². The molecule has 0 amide bonds. The van der Waals surface area contributed by atoms with Gasteiger partial charge in [0.1, 0.15) is 5.75 Å². The van der Waals surface area contributed by atoms with Crippen molar-refractivity contribution in [2.24, 2.45) is 5.92 Å². The van der Waals surface area contributed by atoms with Crippen molar-refractivity contribution in [3.63, 3.8) is 0 Å². The number of aliphatic hydroxyl groups is 2. The van der Waals surface area contributed by atoms with Crippen LogP contribution in [0, 0.1) is 5.92 Å². The molecule has 4 heteroatoms. The molecule has 1 aliphatic carbocycles. The topological polar surface area (TPSA) is 66.8 Å². The third kappa shape index (κ3) is 2.00. The first-order chi connectivity index (χ1) is 12.2.